The molecule has 2 aliphatic heterocycles. The number of piperazine rings is 1. The molecule has 27 heavy (non-hydrogen) atoms. The summed E-state index contributed by atoms with van der Waals surface area (Å²) in [5.41, 5.74) is 2.33. The van der Waals surface area contributed by atoms with Gasteiger partial charge in [0, 0.05) is 45.0 Å². The summed E-state index contributed by atoms with van der Waals surface area (Å²) in [6.45, 7) is 5.85. The molecule has 0 radical (unpaired) electrons. The van der Waals surface area contributed by atoms with Crippen molar-refractivity contribution >= 4 is 11.6 Å². The third-order valence-electron chi connectivity index (χ3n) is 5.65. The van der Waals surface area contributed by atoms with Crippen molar-refractivity contribution in [2.75, 3.05) is 44.2 Å². The summed E-state index contributed by atoms with van der Waals surface area (Å²) >= 11 is 0. The zero-order valence-electron chi connectivity index (χ0n) is 15.6. The highest BCUT2D eigenvalue weighted by Crippen LogP contribution is 2.23. The number of nitrogens with zero attached hydrogens (tertiary/aromatic N) is 3. The van der Waals surface area contributed by atoms with E-state index in [9.17, 15) is 9.18 Å². The van der Waals surface area contributed by atoms with Gasteiger partial charge in [0.1, 0.15) is 5.82 Å². The van der Waals surface area contributed by atoms with Gasteiger partial charge < -0.3 is 9.80 Å². The van der Waals surface area contributed by atoms with Crippen molar-refractivity contribution < 1.29 is 9.18 Å². The lowest BCUT2D eigenvalue weighted by atomic mass is 10.1. The van der Waals surface area contributed by atoms with Crippen LogP contribution in [0.25, 0.3) is 0 Å². The third kappa shape index (κ3) is 4.30. The number of halogens is 1. The lowest BCUT2D eigenvalue weighted by molar-refractivity contribution is -0.135. The van der Waals surface area contributed by atoms with Crippen LogP contribution in [0.3, 0.4) is 0 Å². The molecular formula is C22H26FN3O. The molecule has 0 aliphatic carbocycles. The van der Waals surface area contributed by atoms with Crippen LogP contribution in [0.5, 0.6) is 0 Å². The molecule has 142 valence electrons. The summed E-state index contributed by atoms with van der Waals surface area (Å²) in [6.07, 6.45) is 0.948. The summed E-state index contributed by atoms with van der Waals surface area (Å²) in [7, 11) is 0. The fourth-order valence-electron chi connectivity index (χ4n) is 4.11. The van der Waals surface area contributed by atoms with Crippen LogP contribution in [0.2, 0.25) is 0 Å². The van der Waals surface area contributed by atoms with Gasteiger partial charge in [-0.05, 0) is 42.8 Å². The van der Waals surface area contributed by atoms with Crippen LogP contribution >= 0.6 is 0 Å². The number of anilines is 1. The van der Waals surface area contributed by atoms with Gasteiger partial charge in [0.2, 0.25) is 5.91 Å². The predicted molar refractivity (Wildman–Crippen MR) is 105 cm³/mol. The summed E-state index contributed by atoms with van der Waals surface area (Å²) in [6, 6.07) is 17.1. The normalized spacial score (nSPS) is 20.9. The largest absolute Gasteiger partial charge is 0.368 e. The number of benzene rings is 2. The molecule has 0 saturated carbocycles. The molecule has 1 atom stereocenters. The quantitative estimate of drug-likeness (QED) is 0.831. The highest BCUT2D eigenvalue weighted by molar-refractivity contribution is 5.79. The molecule has 1 amide bonds. The summed E-state index contributed by atoms with van der Waals surface area (Å²) in [5.74, 6) is 0.198. The first-order valence-electron chi connectivity index (χ1n) is 9.74. The van der Waals surface area contributed by atoms with Crippen LogP contribution in [-0.4, -0.2) is 55.0 Å². The van der Waals surface area contributed by atoms with Crippen LogP contribution in [0, 0.1) is 11.7 Å². The highest BCUT2D eigenvalue weighted by Gasteiger charge is 2.32. The van der Waals surface area contributed by atoms with Gasteiger partial charge in [-0.1, -0.05) is 30.3 Å². The van der Waals surface area contributed by atoms with Gasteiger partial charge in [0.05, 0.1) is 5.92 Å². The Balaban J connectivity index is 1.27. The van der Waals surface area contributed by atoms with E-state index >= 15 is 0 Å². The molecule has 2 aromatic carbocycles. The molecule has 2 aromatic rings. The standard InChI is InChI=1S/C22H26FN3O/c23-20-6-8-21(9-7-20)25-12-14-26(15-13-25)22(27)19-10-11-24(17-19)16-18-4-2-1-3-5-18/h1-9,19H,10-17H2. The molecule has 4 nitrogen and oxygen atoms in total. The minimum Gasteiger partial charge on any atom is -0.368 e. The Kier molecular flexibility index (Phi) is 5.39. The van der Waals surface area contributed by atoms with E-state index in [1.54, 1.807) is 0 Å². The van der Waals surface area contributed by atoms with Crippen molar-refractivity contribution in [3.8, 4) is 0 Å². The van der Waals surface area contributed by atoms with Gasteiger partial charge in [-0.2, -0.15) is 0 Å². The number of hydrogen-bond donors (Lipinski definition) is 0. The maximum Gasteiger partial charge on any atom is 0.227 e. The molecule has 2 fully saturated rings. The Bertz CT molecular complexity index is 757. The van der Waals surface area contributed by atoms with E-state index in [1.807, 2.05) is 23.1 Å². The van der Waals surface area contributed by atoms with E-state index in [4.69, 9.17) is 0 Å². The Hall–Kier alpha value is -2.40. The van der Waals surface area contributed by atoms with Gasteiger partial charge in [0.15, 0.2) is 0 Å². The highest BCUT2D eigenvalue weighted by atomic mass is 19.1. The van der Waals surface area contributed by atoms with Gasteiger partial charge in [-0.3, -0.25) is 9.69 Å². The van der Waals surface area contributed by atoms with E-state index in [-0.39, 0.29) is 11.7 Å². The first kappa shape index (κ1) is 18.0. The van der Waals surface area contributed by atoms with Gasteiger partial charge in [0.25, 0.3) is 0 Å². The van der Waals surface area contributed by atoms with Gasteiger partial charge >= 0.3 is 0 Å². The number of likely N-dealkylation sites (tertiary alicyclic amines) is 1. The average molecular weight is 367 g/mol. The Labute approximate surface area is 160 Å². The minimum absolute atomic E-state index is 0.117. The molecule has 2 heterocycles. The van der Waals surface area contributed by atoms with Gasteiger partial charge in [-0.15, -0.1) is 0 Å². The smallest absolute Gasteiger partial charge is 0.227 e. The second-order valence-electron chi connectivity index (χ2n) is 7.50. The molecule has 2 saturated heterocycles. The molecule has 0 spiro atoms. The summed E-state index contributed by atoms with van der Waals surface area (Å²) < 4.78 is 13.1. The van der Waals surface area contributed by atoms with E-state index in [2.05, 4.69) is 34.1 Å². The Morgan fingerprint density at radius 2 is 1.63 bits per heavy atom. The molecular weight excluding hydrogens is 341 g/mol. The first-order valence-corrected chi connectivity index (χ1v) is 9.74. The molecule has 1 unspecified atom stereocenters. The number of rotatable bonds is 4. The first-order chi connectivity index (χ1) is 13.2. The molecule has 0 aromatic heterocycles. The molecule has 0 bridgehead atoms. The van der Waals surface area contributed by atoms with E-state index < -0.39 is 0 Å². The maximum absolute atomic E-state index is 13.1. The van der Waals surface area contributed by atoms with E-state index in [0.29, 0.717) is 5.91 Å². The van der Waals surface area contributed by atoms with Crippen molar-refractivity contribution in [1.29, 1.82) is 0 Å². The predicted octanol–water partition coefficient (Wildman–Crippen LogP) is 3.00. The van der Waals surface area contributed by atoms with E-state index in [1.165, 1.54) is 17.7 Å². The zero-order valence-corrected chi connectivity index (χ0v) is 15.6. The number of amides is 1. The van der Waals surface area contributed by atoms with Crippen LogP contribution in [0.4, 0.5) is 10.1 Å². The number of carbonyl (C=O) groups excluding carboxylic acids is 1. The summed E-state index contributed by atoms with van der Waals surface area (Å²) in [5, 5.41) is 0. The van der Waals surface area contributed by atoms with Gasteiger partial charge in [-0.25, -0.2) is 4.39 Å². The van der Waals surface area contributed by atoms with Crippen LogP contribution in [0.15, 0.2) is 54.6 Å². The number of carbonyl (C=O) groups is 1. The average Bonchev–Trinajstić information content (AvgIpc) is 3.17. The zero-order chi connectivity index (χ0) is 18.6. The van der Waals surface area contributed by atoms with Crippen molar-refractivity contribution in [3.05, 3.63) is 66.0 Å². The van der Waals surface area contributed by atoms with Crippen molar-refractivity contribution in [2.24, 2.45) is 5.92 Å². The molecule has 2 aliphatic rings. The topological polar surface area (TPSA) is 26.8 Å². The number of hydrogen-bond acceptors (Lipinski definition) is 3. The molecule has 4 rings (SSSR count). The molecule has 0 N–H and O–H groups in total. The van der Waals surface area contributed by atoms with Crippen LogP contribution in [0.1, 0.15) is 12.0 Å². The maximum atomic E-state index is 13.1. The third-order valence-corrected chi connectivity index (χ3v) is 5.65. The van der Waals surface area contributed by atoms with Crippen molar-refractivity contribution in [2.45, 2.75) is 13.0 Å². The molecule has 5 heteroatoms. The summed E-state index contributed by atoms with van der Waals surface area (Å²) in [4.78, 5) is 19.5. The Morgan fingerprint density at radius 1 is 0.926 bits per heavy atom. The fourth-order valence-corrected chi connectivity index (χ4v) is 4.11. The SMILES string of the molecule is O=C(C1CCN(Cc2ccccc2)C1)N1CCN(c2ccc(F)cc2)CC1. The van der Waals surface area contributed by atoms with E-state index in [0.717, 1.165) is 57.9 Å². The van der Waals surface area contributed by atoms with Crippen LogP contribution < -0.4 is 4.90 Å². The second kappa shape index (κ2) is 8.09. The minimum atomic E-state index is -0.214. The van der Waals surface area contributed by atoms with Crippen molar-refractivity contribution in [1.82, 2.24) is 9.80 Å². The lowest BCUT2D eigenvalue weighted by Gasteiger charge is -2.37. The Morgan fingerprint density at radius 3 is 2.33 bits per heavy atom. The monoisotopic (exact) mass is 367 g/mol. The lowest BCUT2D eigenvalue weighted by Crippen LogP contribution is -2.50. The second-order valence-corrected chi connectivity index (χ2v) is 7.50. The van der Waals surface area contributed by atoms with Crippen molar-refractivity contribution in [3.63, 3.8) is 0 Å². The van der Waals surface area contributed by atoms with Crippen LogP contribution in [-0.2, 0) is 11.3 Å². The fraction of sp³-hybridized carbons (Fsp3) is 0.409.